The van der Waals surface area contributed by atoms with Crippen LogP contribution in [0.1, 0.15) is 36.5 Å². The molecule has 1 aliphatic rings. The Labute approximate surface area is 203 Å². The van der Waals surface area contributed by atoms with Crippen LogP contribution in [0.5, 0.6) is 11.5 Å². The van der Waals surface area contributed by atoms with Crippen molar-refractivity contribution in [1.82, 2.24) is 14.5 Å². The minimum absolute atomic E-state index is 0.0375. The molecule has 0 unspecified atom stereocenters. The second-order valence-corrected chi connectivity index (χ2v) is 9.84. The maximum Gasteiger partial charge on any atom is 0.263 e. The van der Waals surface area contributed by atoms with Crippen molar-refractivity contribution in [1.29, 1.82) is 0 Å². The third-order valence-electron chi connectivity index (χ3n) is 6.53. The SMILES string of the molecule is COc1ccc(-c2nc3sc4c(O)c(Cl)ccc4c3c(=O)n2Cc2cnco2)c(C2CCC2)c1. The summed E-state index contributed by atoms with van der Waals surface area (Å²) < 4.78 is 13.1. The lowest BCUT2D eigenvalue weighted by Crippen LogP contribution is -2.24. The average molecular weight is 494 g/mol. The van der Waals surface area contributed by atoms with Crippen LogP contribution >= 0.6 is 22.9 Å². The maximum atomic E-state index is 13.9. The molecule has 34 heavy (non-hydrogen) atoms. The average Bonchev–Trinajstić information content (AvgIpc) is 3.45. The van der Waals surface area contributed by atoms with Crippen molar-refractivity contribution in [2.75, 3.05) is 7.11 Å². The van der Waals surface area contributed by atoms with Crippen molar-refractivity contribution in [3.63, 3.8) is 0 Å². The van der Waals surface area contributed by atoms with Crippen molar-refractivity contribution >= 4 is 43.2 Å². The predicted octanol–water partition coefficient (Wildman–Crippen LogP) is 5.95. The van der Waals surface area contributed by atoms with Crippen LogP contribution in [0.2, 0.25) is 5.02 Å². The quantitative estimate of drug-likeness (QED) is 0.325. The highest BCUT2D eigenvalue weighted by Crippen LogP contribution is 2.44. The lowest BCUT2D eigenvalue weighted by atomic mass is 9.78. The number of hydrogen-bond donors (Lipinski definition) is 1. The smallest absolute Gasteiger partial charge is 0.263 e. The highest BCUT2D eigenvalue weighted by Gasteiger charge is 2.27. The molecule has 1 fully saturated rings. The van der Waals surface area contributed by atoms with E-state index >= 15 is 0 Å². The molecule has 2 aromatic carbocycles. The van der Waals surface area contributed by atoms with Gasteiger partial charge in [-0.1, -0.05) is 24.1 Å². The van der Waals surface area contributed by atoms with E-state index < -0.39 is 0 Å². The van der Waals surface area contributed by atoms with Gasteiger partial charge in [0.2, 0.25) is 0 Å². The van der Waals surface area contributed by atoms with E-state index in [1.54, 1.807) is 30.0 Å². The maximum absolute atomic E-state index is 13.9. The Balaban J connectivity index is 1.67. The predicted molar refractivity (Wildman–Crippen MR) is 132 cm³/mol. The summed E-state index contributed by atoms with van der Waals surface area (Å²) in [7, 11) is 1.65. The van der Waals surface area contributed by atoms with E-state index in [0.29, 0.717) is 37.8 Å². The lowest BCUT2D eigenvalue weighted by molar-refractivity contribution is 0.402. The first-order valence-corrected chi connectivity index (χ1v) is 12.1. The van der Waals surface area contributed by atoms with Crippen LogP contribution in [0.4, 0.5) is 0 Å². The molecule has 0 amide bonds. The standard InChI is InChI=1S/C25H20ClN3O4S/c1-32-14-5-6-16(18(9-14)13-3-2-4-13)23-28-24-20(17-7-8-19(26)21(30)22(17)34-24)25(31)29(23)11-15-10-27-12-33-15/h5-10,12-13,30H,2-4,11H2,1H3. The van der Waals surface area contributed by atoms with Crippen molar-refractivity contribution in [2.24, 2.45) is 0 Å². The molecule has 0 saturated heterocycles. The molecule has 0 spiro atoms. The second-order valence-electron chi connectivity index (χ2n) is 8.43. The van der Waals surface area contributed by atoms with Crippen LogP contribution in [0.25, 0.3) is 31.7 Å². The number of aromatic nitrogens is 3. The first-order valence-electron chi connectivity index (χ1n) is 11.0. The fourth-order valence-corrected chi connectivity index (χ4v) is 5.87. The normalized spacial score (nSPS) is 14.1. The van der Waals surface area contributed by atoms with Crippen molar-refractivity contribution in [2.45, 2.75) is 31.7 Å². The van der Waals surface area contributed by atoms with Gasteiger partial charge in [0.25, 0.3) is 5.56 Å². The van der Waals surface area contributed by atoms with Gasteiger partial charge >= 0.3 is 0 Å². The molecule has 3 aromatic heterocycles. The van der Waals surface area contributed by atoms with Crippen LogP contribution in [-0.4, -0.2) is 26.8 Å². The Kier molecular flexibility index (Phi) is 5.08. The van der Waals surface area contributed by atoms with Gasteiger partial charge in [-0.05, 0) is 48.6 Å². The van der Waals surface area contributed by atoms with E-state index in [-0.39, 0.29) is 22.9 Å². The molecular formula is C25H20ClN3O4S. The van der Waals surface area contributed by atoms with Crippen LogP contribution in [-0.2, 0) is 6.54 Å². The minimum Gasteiger partial charge on any atom is -0.505 e. The minimum atomic E-state index is -0.209. The van der Waals surface area contributed by atoms with Crippen LogP contribution < -0.4 is 10.3 Å². The number of phenols is 1. The molecule has 7 nitrogen and oxygen atoms in total. The molecule has 9 heteroatoms. The molecule has 172 valence electrons. The van der Waals surface area contributed by atoms with E-state index in [0.717, 1.165) is 29.7 Å². The summed E-state index contributed by atoms with van der Waals surface area (Å²) in [5.74, 6) is 2.23. The zero-order chi connectivity index (χ0) is 23.4. The molecule has 0 radical (unpaired) electrons. The number of ether oxygens (including phenoxy) is 1. The first kappa shape index (κ1) is 21.2. The zero-order valence-electron chi connectivity index (χ0n) is 18.2. The number of methoxy groups -OCH3 is 1. The summed E-state index contributed by atoms with van der Waals surface area (Å²) in [4.78, 5) is 23.5. The Morgan fingerprint density at radius 2 is 2.15 bits per heavy atom. The molecule has 0 aliphatic heterocycles. The molecular weight excluding hydrogens is 474 g/mol. The van der Waals surface area contributed by atoms with E-state index in [1.165, 1.54) is 24.2 Å². The molecule has 6 rings (SSSR count). The number of benzene rings is 2. The third-order valence-corrected chi connectivity index (χ3v) is 7.94. The van der Waals surface area contributed by atoms with E-state index in [2.05, 4.69) is 4.98 Å². The Hall–Kier alpha value is -3.36. The molecule has 0 atom stereocenters. The van der Waals surface area contributed by atoms with Crippen LogP contribution in [0, 0.1) is 0 Å². The van der Waals surface area contributed by atoms with E-state index in [1.807, 2.05) is 18.2 Å². The van der Waals surface area contributed by atoms with Gasteiger partial charge < -0.3 is 14.3 Å². The fourth-order valence-electron chi connectivity index (χ4n) is 4.54. The Morgan fingerprint density at radius 3 is 2.85 bits per heavy atom. The number of fused-ring (bicyclic) bond motifs is 3. The zero-order valence-corrected chi connectivity index (χ0v) is 19.8. The van der Waals surface area contributed by atoms with Crippen molar-refractivity contribution in [3.8, 4) is 22.9 Å². The largest absolute Gasteiger partial charge is 0.505 e. The fraction of sp³-hybridized carbons (Fsp3) is 0.240. The highest BCUT2D eigenvalue weighted by molar-refractivity contribution is 7.25. The first-order chi connectivity index (χ1) is 16.5. The molecule has 1 aliphatic carbocycles. The van der Waals surface area contributed by atoms with Gasteiger partial charge in [0, 0.05) is 10.9 Å². The van der Waals surface area contributed by atoms with Crippen molar-refractivity contribution in [3.05, 3.63) is 69.6 Å². The van der Waals surface area contributed by atoms with Crippen molar-refractivity contribution < 1.29 is 14.3 Å². The monoisotopic (exact) mass is 493 g/mol. The number of halogens is 1. The number of phenolic OH excluding ortho intramolecular Hbond substituents is 1. The summed E-state index contributed by atoms with van der Waals surface area (Å²) in [6.45, 7) is 0.185. The molecule has 0 bridgehead atoms. The highest BCUT2D eigenvalue weighted by atomic mass is 35.5. The van der Waals surface area contributed by atoms with Gasteiger partial charge in [-0.3, -0.25) is 9.36 Å². The summed E-state index contributed by atoms with van der Waals surface area (Å²) in [5, 5.41) is 11.9. The van der Waals surface area contributed by atoms with Gasteiger partial charge in [-0.2, -0.15) is 0 Å². The lowest BCUT2D eigenvalue weighted by Gasteiger charge is -2.28. The third kappa shape index (κ3) is 3.28. The summed E-state index contributed by atoms with van der Waals surface area (Å²) in [6, 6.07) is 9.26. The van der Waals surface area contributed by atoms with Crippen LogP contribution in [0.15, 0.2) is 52.1 Å². The van der Waals surface area contributed by atoms with E-state index in [4.69, 9.17) is 25.7 Å². The van der Waals surface area contributed by atoms with E-state index in [9.17, 15) is 9.90 Å². The van der Waals surface area contributed by atoms with Gasteiger partial charge in [0.15, 0.2) is 12.1 Å². The second kappa shape index (κ2) is 8.14. The Morgan fingerprint density at radius 1 is 1.29 bits per heavy atom. The number of hydrogen-bond acceptors (Lipinski definition) is 7. The molecule has 1 saturated carbocycles. The number of rotatable bonds is 5. The van der Waals surface area contributed by atoms with Gasteiger partial charge in [-0.15, -0.1) is 11.3 Å². The number of nitrogens with zero attached hydrogens (tertiary/aromatic N) is 3. The number of aromatic hydroxyl groups is 1. The summed E-state index contributed by atoms with van der Waals surface area (Å²) >= 11 is 7.40. The molecule has 1 N–H and O–H groups in total. The topological polar surface area (TPSA) is 90.4 Å². The van der Waals surface area contributed by atoms with Gasteiger partial charge in [-0.25, -0.2) is 9.97 Å². The molecule has 3 heterocycles. The van der Waals surface area contributed by atoms with Gasteiger partial charge in [0.1, 0.15) is 22.2 Å². The number of oxazole rings is 1. The summed E-state index contributed by atoms with van der Waals surface area (Å²) in [5.41, 5.74) is 1.80. The van der Waals surface area contributed by atoms with Crippen LogP contribution in [0.3, 0.4) is 0 Å². The number of thiophene rings is 1. The van der Waals surface area contributed by atoms with Gasteiger partial charge in [0.05, 0.1) is 35.0 Å². The Bertz CT molecular complexity index is 1600. The summed E-state index contributed by atoms with van der Waals surface area (Å²) in [6.07, 6.45) is 6.29. The molecule has 5 aromatic rings.